The van der Waals surface area contributed by atoms with E-state index in [9.17, 15) is 43.3 Å². The summed E-state index contributed by atoms with van der Waals surface area (Å²) in [7, 11) is -5.13. The maximum atomic E-state index is 13.2. The van der Waals surface area contributed by atoms with Crippen LogP contribution in [0.3, 0.4) is 0 Å². The van der Waals surface area contributed by atoms with Crippen LogP contribution in [-0.4, -0.2) is 107 Å². The Morgan fingerprint density at radius 2 is 1.02 bits per heavy atom. The largest absolute Gasteiger partial charge is 0.397 e. The van der Waals surface area contributed by atoms with Crippen LogP contribution in [0.4, 0.5) is 0 Å². The fraction of sp³-hybridized carbons (Fsp3) is 0.865. The van der Waals surface area contributed by atoms with Crippen LogP contribution in [0, 0.1) is 0 Å². The Balaban J connectivity index is 2.53. The van der Waals surface area contributed by atoms with Gasteiger partial charge in [0.15, 0.2) is 6.29 Å². The Bertz CT molecular complexity index is 1330. The number of unbranched alkanes of at least 4 members (excludes halogenated alkanes) is 28. The molecule has 66 heavy (non-hydrogen) atoms. The zero-order valence-electron chi connectivity index (χ0n) is 41.4. The number of carbonyl (C=O) groups is 1. The zero-order chi connectivity index (χ0) is 48.5. The van der Waals surface area contributed by atoms with E-state index in [4.69, 9.17) is 9.47 Å². The molecular formula is C52H97NO12S. The highest BCUT2D eigenvalue weighted by molar-refractivity contribution is 7.80. The van der Waals surface area contributed by atoms with Crippen LogP contribution in [0.1, 0.15) is 226 Å². The number of nitrogens with one attached hydrogen (secondary N) is 1. The van der Waals surface area contributed by atoms with Gasteiger partial charge >= 0.3 is 10.4 Å². The van der Waals surface area contributed by atoms with Gasteiger partial charge in [0.2, 0.25) is 5.91 Å². The summed E-state index contributed by atoms with van der Waals surface area (Å²) in [6, 6.07) is -1.14. The van der Waals surface area contributed by atoms with Gasteiger partial charge in [-0.3, -0.25) is 9.35 Å². The summed E-state index contributed by atoms with van der Waals surface area (Å²) < 4.78 is 47.6. The Labute approximate surface area is 401 Å². The van der Waals surface area contributed by atoms with Crippen molar-refractivity contribution in [2.24, 2.45) is 0 Å². The predicted molar refractivity (Wildman–Crippen MR) is 265 cm³/mol. The number of amides is 1. The van der Waals surface area contributed by atoms with Crippen molar-refractivity contribution in [3.63, 3.8) is 0 Å². The lowest BCUT2D eigenvalue weighted by atomic mass is 9.99. The summed E-state index contributed by atoms with van der Waals surface area (Å²) in [6.45, 7) is 3.22. The van der Waals surface area contributed by atoms with Crippen molar-refractivity contribution in [3.8, 4) is 0 Å². The lowest BCUT2D eigenvalue weighted by Crippen LogP contribution is -2.61. The van der Waals surface area contributed by atoms with Crippen LogP contribution < -0.4 is 5.32 Å². The number of allylic oxidation sites excluding steroid dienone is 5. The third-order valence-electron chi connectivity index (χ3n) is 12.5. The quantitative estimate of drug-likeness (QED) is 0.0173. The normalized spacial score (nSPS) is 20.8. The van der Waals surface area contributed by atoms with Crippen molar-refractivity contribution in [3.05, 3.63) is 36.5 Å². The van der Waals surface area contributed by atoms with Crippen LogP contribution in [0.15, 0.2) is 36.5 Å². The second-order valence-electron chi connectivity index (χ2n) is 18.6. The fourth-order valence-corrected chi connectivity index (χ4v) is 8.80. The molecule has 0 saturated carbocycles. The molecule has 0 aromatic carbocycles. The fourth-order valence-electron chi connectivity index (χ4n) is 8.30. The van der Waals surface area contributed by atoms with Crippen LogP contribution >= 0.6 is 0 Å². The van der Waals surface area contributed by atoms with Gasteiger partial charge in [0.1, 0.15) is 30.5 Å². The Hall–Kier alpha value is -1.72. The number of hydrogen-bond acceptors (Lipinski definition) is 11. The minimum absolute atomic E-state index is 0.230. The summed E-state index contributed by atoms with van der Waals surface area (Å²) in [6.07, 6.45) is 39.4. The van der Waals surface area contributed by atoms with Crippen molar-refractivity contribution < 1.29 is 57.0 Å². The van der Waals surface area contributed by atoms with E-state index in [1.807, 2.05) is 0 Å². The second-order valence-corrected chi connectivity index (χ2v) is 19.6. The van der Waals surface area contributed by atoms with Gasteiger partial charge in [-0.25, -0.2) is 4.18 Å². The maximum Gasteiger partial charge on any atom is 0.397 e. The molecule has 1 fully saturated rings. The first-order valence-electron chi connectivity index (χ1n) is 26.5. The summed E-state index contributed by atoms with van der Waals surface area (Å²) >= 11 is 0. The van der Waals surface area contributed by atoms with Gasteiger partial charge in [0.25, 0.3) is 0 Å². The highest BCUT2D eigenvalue weighted by Crippen LogP contribution is 2.26. The van der Waals surface area contributed by atoms with Gasteiger partial charge in [-0.2, -0.15) is 8.42 Å². The molecule has 1 heterocycles. The number of ether oxygens (including phenoxy) is 2. The first kappa shape index (κ1) is 62.3. The lowest BCUT2D eigenvalue weighted by molar-refractivity contribution is -0.298. The minimum atomic E-state index is -5.13. The molecule has 8 atom stereocenters. The van der Waals surface area contributed by atoms with E-state index >= 15 is 0 Å². The van der Waals surface area contributed by atoms with Gasteiger partial charge in [0.05, 0.1) is 25.4 Å². The molecule has 0 aromatic heterocycles. The van der Waals surface area contributed by atoms with Crippen molar-refractivity contribution >= 4 is 16.3 Å². The molecule has 388 valence electrons. The number of rotatable bonds is 45. The van der Waals surface area contributed by atoms with Crippen LogP contribution in [0.25, 0.3) is 0 Å². The van der Waals surface area contributed by atoms with Crippen molar-refractivity contribution in [2.45, 2.75) is 275 Å². The first-order valence-corrected chi connectivity index (χ1v) is 27.8. The highest BCUT2D eigenvalue weighted by atomic mass is 32.3. The lowest BCUT2D eigenvalue weighted by Gasteiger charge is -2.41. The minimum Gasteiger partial charge on any atom is -0.394 e. The molecule has 14 heteroatoms. The standard InChI is InChI=1S/C52H97NO12S/c1-3-5-7-9-11-13-15-17-19-21-22-23-24-25-27-28-30-32-34-36-38-40-45(55)44(43-63-52-49(58)50(65-66(60,61)62)48(57)47(42-54)64-52)53-51(59)46(56)41-39-37-35-33-31-29-26-20-18-16-14-12-10-8-6-4-2/h18,20,30,32,38,40,44-50,52,54-58H,3-17,19,21-29,31,33-37,39,41-43H2,1-2H3,(H,53,59)(H,60,61,62)/b20-18-,32-30+,40-38+. The Morgan fingerprint density at radius 3 is 1.45 bits per heavy atom. The van der Waals surface area contributed by atoms with Gasteiger partial charge < -0.3 is 40.3 Å². The molecule has 0 bridgehead atoms. The van der Waals surface area contributed by atoms with E-state index in [-0.39, 0.29) is 6.42 Å². The molecular weight excluding hydrogens is 863 g/mol. The predicted octanol–water partition coefficient (Wildman–Crippen LogP) is 10.4. The summed E-state index contributed by atoms with van der Waals surface area (Å²) in [5.41, 5.74) is 0. The first-order chi connectivity index (χ1) is 31.9. The Kier molecular flexibility index (Phi) is 39.8. The maximum absolute atomic E-state index is 13.2. The van der Waals surface area contributed by atoms with E-state index in [0.29, 0.717) is 12.8 Å². The van der Waals surface area contributed by atoms with Crippen LogP contribution in [0.2, 0.25) is 0 Å². The summed E-state index contributed by atoms with van der Waals surface area (Å²) in [5, 5.41) is 55.4. The third kappa shape index (κ3) is 33.7. The number of aliphatic hydroxyl groups excluding tert-OH is 5. The molecule has 1 amide bonds. The molecule has 7 N–H and O–H groups in total. The van der Waals surface area contributed by atoms with Crippen molar-refractivity contribution in [2.75, 3.05) is 13.2 Å². The molecule has 1 aliphatic heterocycles. The molecule has 0 aliphatic carbocycles. The molecule has 1 saturated heterocycles. The average Bonchev–Trinajstić information content (AvgIpc) is 3.29. The number of hydrogen-bond donors (Lipinski definition) is 7. The second kappa shape index (κ2) is 42.2. The number of carbonyl (C=O) groups excluding carboxylic acids is 1. The van der Waals surface area contributed by atoms with E-state index in [0.717, 1.165) is 64.2 Å². The van der Waals surface area contributed by atoms with E-state index in [1.54, 1.807) is 6.08 Å². The molecule has 0 aromatic rings. The molecule has 1 rings (SSSR count). The topological polar surface area (TPSA) is 212 Å². The van der Waals surface area contributed by atoms with Crippen molar-refractivity contribution in [1.29, 1.82) is 0 Å². The van der Waals surface area contributed by atoms with Crippen LogP contribution in [-0.2, 0) is 28.9 Å². The summed E-state index contributed by atoms with van der Waals surface area (Å²) in [5.74, 6) is -0.716. The Morgan fingerprint density at radius 1 is 0.606 bits per heavy atom. The molecule has 1 aliphatic rings. The van der Waals surface area contributed by atoms with Gasteiger partial charge in [-0.15, -0.1) is 0 Å². The van der Waals surface area contributed by atoms with E-state index < -0.39 is 78.5 Å². The van der Waals surface area contributed by atoms with Gasteiger partial charge in [-0.05, 0) is 57.8 Å². The SMILES string of the molecule is CCCCCCCC/C=C\CCCCCCCCC(O)C(=O)NC(COC1OC(CO)C(O)C(OS(=O)(=O)O)C1O)C(O)/C=C/CC/C=C/CCCCCCCCCCCCCCCCC. The van der Waals surface area contributed by atoms with E-state index in [2.05, 4.69) is 47.7 Å². The monoisotopic (exact) mass is 960 g/mol. The molecule has 0 spiro atoms. The van der Waals surface area contributed by atoms with Gasteiger partial charge in [0, 0.05) is 0 Å². The van der Waals surface area contributed by atoms with Crippen molar-refractivity contribution in [1.82, 2.24) is 5.32 Å². The third-order valence-corrected chi connectivity index (χ3v) is 13.0. The molecule has 13 nitrogen and oxygen atoms in total. The van der Waals surface area contributed by atoms with Gasteiger partial charge in [-0.1, -0.05) is 204 Å². The number of aliphatic hydroxyl groups is 5. The zero-order valence-corrected chi connectivity index (χ0v) is 42.2. The average molecular weight is 960 g/mol. The smallest absolute Gasteiger partial charge is 0.394 e. The molecule has 8 unspecified atom stereocenters. The highest BCUT2D eigenvalue weighted by Gasteiger charge is 2.48. The summed E-state index contributed by atoms with van der Waals surface area (Å²) in [4.78, 5) is 13.2. The van der Waals surface area contributed by atoms with Crippen LogP contribution in [0.5, 0.6) is 0 Å². The van der Waals surface area contributed by atoms with E-state index in [1.165, 1.54) is 134 Å². The molecule has 0 radical (unpaired) electrons.